The molecule has 4 rings (SSSR count). The van der Waals surface area contributed by atoms with Crippen LogP contribution in [0.3, 0.4) is 0 Å². The van der Waals surface area contributed by atoms with E-state index in [-0.39, 0.29) is 0 Å². The quantitative estimate of drug-likeness (QED) is 0.669. The normalized spacial score (nSPS) is 17.1. The predicted octanol–water partition coefficient (Wildman–Crippen LogP) is 4.67. The van der Waals surface area contributed by atoms with Crippen molar-refractivity contribution in [1.29, 1.82) is 0 Å². The number of likely N-dealkylation sites (tertiary alicyclic amines) is 1. The number of halogens is 1. The van der Waals surface area contributed by atoms with E-state index in [0.29, 0.717) is 12.5 Å². The average Bonchev–Trinajstić information content (AvgIpc) is 3.22. The largest absolute Gasteiger partial charge is 0.497 e. The molecule has 0 saturated carbocycles. The molecule has 0 bridgehead atoms. The Morgan fingerprint density at radius 3 is 2.70 bits per heavy atom. The van der Waals surface area contributed by atoms with E-state index in [0.717, 1.165) is 30.7 Å². The van der Waals surface area contributed by atoms with Crippen molar-refractivity contribution in [2.24, 2.45) is 0 Å². The number of aromatic nitrogens is 1. The number of hydrogen-bond acceptors (Lipinski definition) is 4. The maximum atomic E-state index is 5.84. The van der Waals surface area contributed by atoms with Gasteiger partial charge in [-0.15, -0.1) is 0 Å². The van der Waals surface area contributed by atoms with E-state index in [1.807, 2.05) is 18.3 Å². The number of nitrogens with zero attached hydrogens (tertiary/aromatic N) is 2. The van der Waals surface area contributed by atoms with Crippen LogP contribution in [0.5, 0.6) is 11.6 Å². The first-order chi connectivity index (χ1) is 13.2. The molecule has 2 heterocycles. The van der Waals surface area contributed by atoms with Gasteiger partial charge in [0, 0.05) is 34.4 Å². The van der Waals surface area contributed by atoms with Crippen LogP contribution in [-0.2, 0) is 6.42 Å². The lowest BCUT2D eigenvalue weighted by Gasteiger charge is -2.21. The number of methoxy groups -OCH3 is 1. The van der Waals surface area contributed by atoms with Crippen LogP contribution in [0.15, 0.2) is 41.0 Å². The second kappa shape index (κ2) is 8.44. The SMILES string of the molecule is COc1ccc2c(c1)CCC(Br)=C2c1ccc(OCCN2CCCC2)nc1. The van der Waals surface area contributed by atoms with Crippen LogP contribution in [0.2, 0.25) is 0 Å². The monoisotopic (exact) mass is 428 g/mol. The zero-order chi connectivity index (χ0) is 18.6. The van der Waals surface area contributed by atoms with E-state index < -0.39 is 0 Å². The topological polar surface area (TPSA) is 34.6 Å². The molecule has 1 aromatic heterocycles. The van der Waals surface area contributed by atoms with Crippen LogP contribution >= 0.6 is 15.9 Å². The summed E-state index contributed by atoms with van der Waals surface area (Å²) >= 11 is 3.78. The smallest absolute Gasteiger partial charge is 0.213 e. The molecular weight excluding hydrogens is 404 g/mol. The molecule has 1 aliphatic heterocycles. The zero-order valence-corrected chi connectivity index (χ0v) is 17.3. The third-order valence-corrected chi connectivity index (χ3v) is 6.14. The Balaban J connectivity index is 1.48. The number of pyridine rings is 1. The second-order valence-corrected chi connectivity index (χ2v) is 8.04. The van der Waals surface area contributed by atoms with Crippen molar-refractivity contribution >= 4 is 21.5 Å². The van der Waals surface area contributed by atoms with Gasteiger partial charge in [-0.25, -0.2) is 4.98 Å². The third-order valence-electron chi connectivity index (χ3n) is 5.35. The number of allylic oxidation sites excluding steroid dienone is 1. The van der Waals surface area contributed by atoms with Crippen molar-refractivity contribution in [2.45, 2.75) is 25.7 Å². The molecule has 0 amide bonds. The fourth-order valence-electron chi connectivity index (χ4n) is 3.87. The highest BCUT2D eigenvalue weighted by molar-refractivity contribution is 9.11. The first-order valence-corrected chi connectivity index (χ1v) is 10.4. The van der Waals surface area contributed by atoms with Crippen LogP contribution in [0.1, 0.15) is 36.0 Å². The number of fused-ring (bicyclic) bond motifs is 1. The van der Waals surface area contributed by atoms with E-state index >= 15 is 0 Å². The molecule has 0 atom stereocenters. The van der Waals surface area contributed by atoms with Gasteiger partial charge in [0.05, 0.1) is 7.11 Å². The van der Waals surface area contributed by atoms with E-state index in [1.54, 1.807) is 7.11 Å². The maximum absolute atomic E-state index is 5.84. The molecule has 0 N–H and O–H groups in total. The Morgan fingerprint density at radius 2 is 1.96 bits per heavy atom. The number of hydrogen-bond donors (Lipinski definition) is 0. The van der Waals surface area contributed by atoms with Gasteiger partial charge in [0.2, 0.25) is 5.88 Å². The molecule has 2 aliphatic rings. The lowest BCUT2D eigenvalue weighted by molar-refractivity contribution is 0.232. The molecule has 27 heavy (non-hydrogen) atoms. The van der Waals surface area contributed by atoms with Gasteiger partial charge in [0.25, 0.3) is 0 Å². The maximum Gasteiger partial charge on any atom is 0.213 e. The Kier molecular flexibility index (Phi) is 5.79. The minimum atomic E-state index is 0.695. The molecule has 142 valence electrons. The summed E-state index contributed by atoms with van der Waals surface area (Å²) in [5.74, 6) is 1.60. The number of rotatable bonds is 6. The first kappa shape index (κ1) is 18.5. The van der Waals surface area contributed by atoms with Crippen LogP contribution in [0.25, 0.3) is 5.57 Å². The van der Waals surface area contributed by atoms with E-state index in [1.165, 1.54) is 47.1 Å². The van der Waals surface area contributed by atoms with Crippen LogP contribution in [0, 0.1) is 0 Å². The van der Waals surface area contributed by atoms with Crippen molar-refractivity contribution in [1.82, 2.24) is 9.88 Å². The summed E-state index contributed by atoms with van der Waals surface area (Å²) in [4.78, 5) is 6.99. The van der Waals surface area contributed by atoms with E-state index in [9.17, 15) is 0 Å². The minimum Gasteiger partial charge on any atom is -0.497 e. The van der Waals surface area contributed by atoms with Gasteiger partial charge in [-0.2, -0.15) is 0 Å². The molecule has 2 aromatic rings. The summed E-state index contributed by atoms with van der Waals surface area (Å²) in [6.45, 7) is 4.07. The van der Waals surface area contributed by atoms with Gasteiger partial charge in [-0.3, -0.25) is 4.90 Å². The summed E-state index contributed by atoms with van der Waals surface area (Å²) < 4.78 is 12.4. The highest BCUT2D eigenvalue weighted by atomic mass is 79.9. The molecule has 1 fully saturated rings. The van der Waals surface area contributed by atoms with Crippen LogP contribution in [0.4, 0.5) is 0 Å². The third kappa shape index (κ3) is 4.19. The van der Waals surface area contributed by atoms with Gasteiger partial charge in [0.1, 0.15) is 12.4 Å². The average molecular weight is 429 g/mol. The van der Waals surface area contributed by atoms with E-state index in [4.69, 9.17) is 9.47 Å². The molecule has 1 aliphatic carbocycles. The molecule has 4 nitrogen and oxygen atoms in total. The number of benzene rings is 1. The predicted molar refractivity (Wildman–Crippen MR) is 112 cm³/mol. The Bertz CT molecular complexity index is 827. The van der Waals surface area contributed by atoms with Gasteiger partial charge < -0.3 is 9.47 Å². The first-order valence-electron chi connectivity index (χ1n) is 9.62. The summed E-state index contributed by atoms with van der Waals surface area (Å²) in [7, 11) is 1.71. The van der Waals surface area contributed by atoms with Crippen molar-refractivity contribution in [3.63, 3.8) is 0 Å². The fraction of sp³-hybridized carbons (Fsp3) is 0.409. The number of ether oxygens (including phenoxy) is 2. The summed E-state index contributed by atoms with van der Waals surface area (Å²) in [6, 6.07) is 10.4. The van der Waals surface area contributed by atoms with Crippen LogP contribution in [-0.4, -0.2) is 43.2 Å². The molecule has 0 unspecified atom stereocenters. The van der Waals surface area contributed by atoms with Crippen molar-refractivity contribution in [2.75, 3.05) is 33.4 Å². The molecular formula is C22H25BrN2O2. The summed E-state index contributed by atoms with van der Waals surface area (Å²) in [5.41, 5.74) is 4.90. The van der Waals surface area contributed by atoms with Crippen LogP contribution < -0.4 is 9.47 Å². The standard InChI is InChI=1S/C22H25BrN2O2/c1-26-18-6-7-19-16(14-18)4-8-20(23)22(19)17-5-9-21(24-15-17)27-13-12-25-10-2-3-11-25/h5-7,9,14-15H,2-4,8,10-13H2,1H3. The molecule has 1 aromatic carbocycles. The summed E-state index contributed by atoms with van der Waals surface area (Å²) in [6.07, 6.45) is 6.54. The Morgan fingerprint density at radius 1 is 1.11 bits per heavy atom. The summed E-state index contributed by atoms with van der Waals surface area (Å²) in [5, 5.41) is 0. The highest BCUT2D eigenvalue weighted by Crippen LogP contribution is 2.39. The second-order valence-electron chi connectivity index (χ2n) is 7.09. The fourth-order valence-corrected chi connectivity index (χ4v) is 4.52. The van der Waals surface area contributed by atoms with E-state index in [2.05, 4.69) is 44.0 Å². The molecule has 0 spiro atoms. The zero-order valence-electron chi connectivity index (χ0n) is 15.7. The Labute approximate surface area is 169 Å². The van der Waals surface area contributed by atoms with Gasteiger partial charge in [-0.1, -0.05) is 22.0 Å². The van der Waals surface area contributed by atoms with Crippen molar-refractivity contribution < 1.29 is 9.47 Å². The molecule has 0 radical (unpaired) electrons. The molecule has 1 saturated heterocycles. The lowest BCUT2D eigenvalue weighted by Crippen LogP contribution is -2.25. The minimum absolute atomic E-state index is 0.695. The highest BCUT2D eigenvalue weighted by Gasteiger charge is 2.20. The van der Waals surface area contributed by atoms with Crippen molar-refractivity contribution in [3.8, 4) is 11.6 Å². The van der Waals surface area contributed by atoms with Gasteiger partial charge in [-0.05, 0) is 68.1 Å². The lowest BCUT2D eigenvalue weighted by atomic mass is 9.87. The van der Waals surface area contributed by atoms with Crippen molar-refractivity contribution in [3.05, 3.63) is 57.7 Å². The Hall–Kier alpha value is -1.85. The number of aryl methyl sites for hydroxylation is 1. The van der Waals surface area contributed by atoms with Gasteiger partial charge in [0.15, 0.2) is 0 Å². The molecule has 5 heteroatoms. The van der Waals surface area contributed by atoms with Gasteiger partial charge >= 0.3 is 0 Å².